The second-order valence-corrected chi connectivity index (χ2v) is 2.96. The van der Waals surface area contributed by atoms with E-state index in [0.29, 0.717) is 5.92 Å². The summed E-state index contributed by atoms with van der Waals surface area (Å²) in [6, 6.07) is 0. The Bertz CT molecular complexity index is 121. The van der Waals surface area contributed by atoms with Crippen molar-refractivity contribution in [3.8, 4) is 0 Å². The van der Waals surface area contributed by atoms with Crippen molar-refractivity contribution in [1.82, 2.24) is 0 Å². The average Bonchev–Trinajstić information content (AvgIpc) is 2.01. The summed E-state index contributed by atoms with van der Waals surface area (Å²) in [6.45, 7) is 4.42. The molecule has 4 heteroatoms. The van der Waals surface area contributed by atoms with Gasteiger partial charge in [-0.15, -0.1) is 10.1 Å². The Morgan fingerprint density at radius 2 is 1.83 bits per heavy atom. The standard InChI is InChI=1S/C8H17NO3/c1-3-5-8(6-4-2)7-12-9(10)11/h8H,3-7H2,1-2H3. The highest BCUT2D eigenvalue weighted by Gasteiger charge is 2.08. The maximum Gasteiger partial charge on any atom is 0.294 e. The smallest absolute Gasteiger partial charge is 0.294 e. The van der Waals surface area contributed by atoms with Crippen LogP contribution in [-0.4, -0.2) is 11.7 Å². The molecule has 0 heterocycles. The molecule has 0 amide bonds. The second kappa shape index (κ2) is 6.88. The molecule has 0 spiro atoms. The fourth-order valence-corrected chi connectivity index (χ4v) is 1.29. The maximum atomic E-state index is 9.90. The molecule has 0 radical (unpaired) electrons. The van der Waals surface area contributed by atoms with E-state index in [1.807, 2.05) is 0 Å². The Hall–Kier alpha value is -0.800. The molecule has 0 fully saturated rings. The summed E-state index contributed by atoms with van der Waals surface area (Å²) in [5.41, 5.74) is 0. The van der Waals surface area contributed by atoms with E-state index in [1.165, 1.54) is 0 Å². The molecule has 0 unspecified atom stereocenters. The lowest BCUT2D eigenvalue weighted by Crippen LogP contribution is -2.12. The van der Waals surface area contributed by atoms with Crippen molar-refractivity contribution in [2.24, 2.45) is 5.92 Å². The van der Waals surface area contributed by atoms with Crippen LogP contribution in [0.25, 0.3) is 0 Å². The van der Waals surface area contributed by atoms with Crippen LogP contribution in [0.15, 0.2) is 0 Å². The molecule has 0 aliphatic rings. The molecule has 0 aliphatic carbocycles. The molecule has 0 N–H and O–H groups in total. The quantitative estimate of drug-likeness (QED) is 0.441. The van der Waals surface area contributed by atoms with E-state index in [2.05, 4.69) is 18.7 Å². The van der Waals surface area contributed by atoms with Crippen molar-refractivity contribution in [3.63, 3.8) is 0 Å². The summed E-state index contributed by atoms with van der Waals surface area (Å²) in [5.74, 6) is 0.352. The van der Waals surface area contributed by atoms with Gasteiger partial charge in [0.05, 0.1) is 6.61 Å². The van der Waals surface area contributed by atoms with Crippen molar-refractivity contribution in [2.75, 3.05) is 6.61 Å². The van der Waals surface area contributed by atoms with E-state index in [1.54, 1.807) is 0 Å². The fourth-order valence-electron chi connectivity index (χ4n) is 1.29. The van der Waals surface area contributed by atoms with E-state index in [4.69, 9.17) is 0 Å². The topological polar surface area (TPSA) is 52.4 Å². The fraction of sp³-hybridized carbons (Fsp3) is 1.00. The van der Waals surface area contributed by atoms with Crippen molar-refractivity contribution in [3.05, 3.63) is 10.1 Å². The van der Waals surface area contributed by atoms with Gasteiger partial charge < -0.3 is 4.84 Å². The first-order valence-corrected chi connectivity index (χ1v) is 4.48. The van der Waals surface area contributed by atoms with Gasteiger partial charge in [-0.05, 0) is 18.8 Å². The van der Waals surface area contributed by atoms with E-state index >= 15 is 0 Å². The van der Waals surface area contributed by atoms with E-state index in [-0.39, 0.29) is 6.61 Å². The Morgan fingerprint density at radius 1 is 1.33 bits per heavy atom. The SMILES string of the molecule is CCCC(CCC)CO[N+](=O)[O-]. The van der Waals surface area contributed by atoms with Crippen LogP contribution in [-0.2, 0) is 4.84 Å². The van der Waals surface area contributed by atoms with Gasteiger partial charge in [0.2, 0.25) is 0 Å². The van der Waals surface area contributed by atoms with E-state index < -0.39 is 5.09 Å². The Labute approximate surface area is 73.0 Å². The molecular formula is C8H17NO3. The third-order valence-corrected chi connectivity index (χ3v) is 1.81. The highest BCUT2D eigenvalue weighted by molar-refractivity contribution is 4.55. The molecule has 0 aromatic heterocycles. The highest BCUT2D eigenvalue weighted by atomic mass is 16.9. The van der Waals surface area contributed by atoms with Gasteiger partial charge in [-0.2, -0.15) is 0 Å². The predicted octanol–water partition coefficient (Wildman–Crippen LogP) is 2.41. The van der Waals surface area contributed by atoms with Crippen LogP contribution >= 0.6 is 0 Å². The Kier molecular flexibility index (Phi) is 6.42. The molecule has 0 aromatic rings. The van der Waals surface area contributed by atoms with Crippen LogP contribution in [0.3, 0.4) is 0 Å². The summed E-state index contributed by atoms with van der Waals surface area (Å²) in [6.07, 6.45) is 4.15. The first-order valence-electron chi connectivity index (χ1n) is 4.48. The number of rotatable bonds is 7. The minimum Gasteiger partial charge on any atom is -0.314 e. The minimum absolute atomic E-state index is 0.259. The van der Waals surface area contributed by atoms with Crippen LogP contribution in [0.1, 0.15) is 39.5 Å². The first kappa shape index (κ1) is 11.2. The first-order chi connectivity index (χ1) is 5.70. The molecule has 0 atom stereocenters. The molecule has 0 bridgehead atoms. The maximum absolute atomic E-state index is 9.90. The summed E-state index contributed by atoms with van der Waals surface area (Å²) in [4.78, 5) is 14.2. The van der Waals surface area contributed by atoms with Crippen LogP contribution in [0.2, 0.25) is 0 Å². The molecule has 72 valence electrons. The highest BCUT2D eigenvalue weighted by Crippen LogP contribution is 2.13. The second-order valence-electron chi connectivity index (χ2n) is 2.96. The zero-order chi connectivity index (χ0) is 9.40. The number of hydrogen-bond donors (Lipinski definition) is 0. The third kappa shape index (κ3) is 5.95. The zero-order valence-corrected chi connectivity index (χ0v) is 7.78. The molecule has 0 aliphatic heterocycles. The third-order valence-electron chi connectivity index (χ3n) is 1.81. The molecule has 0 saturated heterocycles. The average molecular weight is 175 g/mol. The summed E-state index contributed by atoms with van der Waals surface area (Å²) >= 11 is 0. The zero-order valence-electron chi connectivity index (χ0n) is 7.78. The molecule has 12 heavy (non-hydrogen) atoms. The molecule has 0 aromatic carbocycles. The minimum atomic E-state index is -0.710. The lowest BCUT2D eigenvalue weighted by Gasteiger charge is -2.12. The number of nitrogens with zero attached hydrogens (tertiary/aromatic N) is 1. The van der Waals surface area contributed by atoms with E-state index in [9.17, 15) is 10.1 Å². The van der Waals surface area contributed by atoms with Crippen LogP contribution in [0, 0.1) is 16.0 Å². The molecule has 0 rings (SSSR count). The van der Waals surface area contributed by atoms with Crippen LogP contribution in [0.4, 0.5) is 0 Å². The Balaban J connectivity index is 3.54. The van der Waals surface area contributed by atoms with E-state index in [0.717, 1.165) is 25.7 Å². The van der Waals surface area contributed by atoms with Crippen LogP contribution < -0.4 is 0 Å². The van der Waals surface area contributed by atoms with Crippen molar-refractivity contribution < 1.29 is 9.92 Å². The lowest BCUT2D eigenvalue weighted by atomic mass is 10.00. The summed E-state index contributed by atoms with van der Waals surface area (Å²) in [7, 11) is 0. The van der Waals surface area contributed by atoms with Crippen molar-refractivity contribution in [2.45, 2.75) is 39.5 Å². The van der Waals surface area contributed by atoms with Gasteiger partial charge in [-0.1, -0.05) is 26.7 Å². The monoisotopic (exact) mass is 175 g/mol. The Morgan fingerprint density at radius 3 is 2.17 bits per heavy atom. The van der Waals surface area contributed by atoms with Gasteiger partial charge in [-0.3, -0.25) is 0 Å². The van der Waals surface area contributed by atoms with Gasteiger partial charge in [0.1, 0.15) is 0 Å². The van der Waals surface area contributed by atoms with Crippen LogP contribution in [0.5, 0.6) is 0 Å². The van der Waals surface area contributed by atoms with Gasteiger partial charge in [0.25, 0.3) is 5.09 Å². The van der Waals surface area contributed by atoms with Gasteiger partial charge >= 0.3 is 0 Å². The molecule has 4 nitrogen and oxygen atoms in total. The largest absolute Gasteiger partial charge is 0.314 e. The summed E-state index contributed by atoms with van der Waals surface area (Å²) in [5, 5.41) is 9.19. The van der Waals surface area contributed by atoms with Gasteiger partial charge in [0, 0.05) is 0 Å². The van der Waals surface area contributed by atoms with Crippen molar-refractivity contribution >= 4 is 0 Å². The lowest BCUT2D eigenvalue weighted by molar-refractivity contribution is -0.759. The number of hydrogen-bond acceptors (Lipinski definition) is 3. The van der Waals surface area contributed by atoms with Gasteiger partial charge in [0.15, 0.2) is 0 Å². The normalized spacial score (nSPS) is 10.2. The summed E-state index contributed by atoms with van der Waals surface area (Å²) < 4.78 is 0. The molecule has 0 saturated carbocycles. The van der Waals surface area contributed by atoms with Gasteiger partial charge in [-0.25, -0.2) is 0 Å². The molecular weight excluding hydrogens is 158 g/mol. The van der Waals surface area contributed by atoms with Crippen molar-refractivity contribution in [1.29, 1.82) is 0 Å². The predicted molar refractivity (Wildman–Crippen MR) is 46.3 cm³/mol.